The lowest BCUT2D eigenvalue weighted by atomic mass is 9.99. The minimum atomic E-state index is -0.896. The largest absolute Gasteiger partial charge is 0.494 e. The van der Waals surface area contributed by atoms with Gasteiger partial charge < -0.3 is 20.9 Å². The molecular weight excluding hydrogens is 414 g/mol. The number of aliphatic carboxylic acids is 1. The number of rotatable bonds is 6. The molecule has 0 radical (unpaired) electrons. The van der Waals surface area contributed by atoms with Crippen LogP contribution < -0.4 is 5.73 Å². The average molecular weight is 434 g/mol. The number of halogens is 1. The maximum Gasteiger partial charge on any atom is 0.307 e. The first kappa shape index (κ1) is 20.7. The number of carboxylic acids is 1. The van der Waals surface area contributed by atoms with E-state index in [-0.39, 0.29) is 12.3 Å². The lowest BCUT2D eigenvalue weighted by Crippen LogP contribution is -2.05. The monoisotopic (exact) mass is 433 g/mol. The van der Waals surface area contributed by atoms with Gasteiger partial charge in [0.15, 0.2) is 5.88 Å². The summed E-state index contributed by atoms with van der Waals surface area (Å²) in [4.78, 5) is 18.8. The molecule has 0 fully saturated rings. The van der Waals surface area contributed by atoms with Gasteiger partial charge in [-0.25, -0.2) is 4.99 Å². The SMILES string of the molecule is NCc1ccc(N=C(c2ccc(CC(=O)O)cc2)c2c(O)[nH]c3cc(Cl)ccc23)cc1. The van der Waals surface area contributed by atoms with Crippen LogP contribution in [0.15, 0.2) is 71.7 Å². The number of carbonyl (C=O) groups is 1. The molecule has 156 valence electrons. The van der Waals surface area contributed by atoms with Gasteiger partial charge in [0.1, 0.15) is 0 Å². The predicted octanol–water partition coefficient (Wildman–Crippen LogP) is 4.78. The standard InChI is InChI=1S/C24H20ClN3O3/c25-17-7-10-19-20(12-17)28-24(31)22(19)23(27-18-8-3-15(13-26)4-9-18)16-5-1-14(2-6-16)11-21(29)30/h1-10,12,28,31H,11,13,26H2,(H,29,30). The summed E-state index contributed by atoms with van der Waals surface area (Å²) in [6.45, 7) is 0.436. The van der Waals surface area contributed by atoms with Crippen molar-refractivity contribution in [3.05, 3.63) is 94.0 Å². The Morgan fingerprint density at radius 3 is 2.32 bits per heavy atom. The van der Waals surface area contributed by atoms with Crippen LogP contribution in [0.4, 0.5) is 5.69 Å². The normalized spacial score (nSPS) is 11.7. The summed E-state index contributed by atoms with van der Waals surface area (Å²) in [5.74, 6) is -0.919. The molecular formula is C24H20ClN3O3. The molecule has 0 unspecified atom stereocenters. The summed E-state index contributed by atoms with van der Waals surface area (Å²) in [7, 11) is 0. The van der Waals surface area contributed by atoms with Gasteiger partial charge in [-0.1, -0.05) is 54.1 Å². The number of hydrogen-bond donors (Lipinski definition) is 4. The van der Waals surface area contributed by atoms with Gasteiger partial charge in [-0.05, 0) is 35.4 Å². The highest BCUT2D eigenvalue weighted by Crippen LogP contribution is 2.33. The quantitative estimate of drug-likeness (QED) is 0.328. The van der Waals surface area contributed by atoms with Crippen LogP contribution in [0.2, 0.25) is 5.02 Å². The molecule has 0 aliphatic rings. The van der Waals surface area contributed by atoms with Crippen LogP contribution >= 0.6 is 11.6 Å². The number of carboxylic acid groups (broad SMARTS) is 1. The Hall–Kier alpha value is -3.61. The number of aromatic hydroxyl groups is 1. The van der Waals surface area contributed by atoms with E-state index in [1.54, 1.807) is 36.4 Å². The number of aromatic nitrogens is 1. The number of nitrogens with zero attached hydrogens (tertiary/aromatic N) is 1. The van der Waals surface area contributed by atoms with Gasteiger partial charge >= 0.3 is 5.97 Å². The van der Waals surface area contributed by atoms with Crippen LogP contribution in [0, 0.1) is 0 Å². The summed E-state index contributed by atoms with van der Waals surface area (Å²) in [6, 6.07) is 20.0. The van der Waals surface area contributed by atoms with E-state index in [0.717, 1.165) is 16.5 Å². The molecule has 6 nitrogen and oxygen atoms in total. The highest BCUT2D eigenvalue weighted by atomic mass is 35.5. The van der Waals surface area contributed by atoms with E-state index in [0.29, 0.717) is 39.6 Å². The molecule has 7 heteroatoms. The fourth-order valence-electron chi connectivity index (χ4n) is 3.45. The highest BCUT2D eigenvalue weighted by molar-refractivity contribution is 6.31. The molecule has 0 bridgehead atoms. The third kappa shape index (κ3) is 4.45. The lowest BCUT2D eigenvalue weighted by Gasteiger charge is -2.09. The molecule has 0 aliphatic carbocycles. The highest BCUT2D eigenvalue weighted by Gasteiger charge is 2.19. The first-order chi connectivity index (χ1) is 14.9. The summed E-state index contributed by atoms with van der Waals surface area (Å²) < 4.78 is 0. The molecule has 0 saturated heterocycles. The van der Waals surface area contributed by atoms with E-state index < -0.39 is 5.97 Å². The molecule has 0 amide bonds. The fraction of sp³-hybridized carbons (Fsp3) is 0.0833. The van der Waals surface area contributed by atoms with E-state index in [4.69, 9.17) is 27.4 Å². The number of aliphatic imine (C=N–C) groups is 1. The molecule has 5 N–H and O–H groups in total. The molecule has 1 heterocycles. The molecule has 1 aromatic heterocycles. The number of H-pyrrole nitrogens is 1. The van der Waals surface area contributed by atoms with Gasteiger partial charge in [0.2, 0.25) is 0 Å². The van der Waals surface area contributed by atoms with Crippen LogP contribution in [0.1, 0.15) is 22.3 Å². The molecule has 0 saturated carbocycles. The van der Waals surface area contributed by atoms with E-state index in [1.807, 2.05) is 30.3 Å². The molecule has 0 spiro atoms. The van der Waals surface area contributed by atoms with Gasteiger partial charge in [-0.2, -0.15) is 0 Å². The zero-order valence-electron chi connectivity index (χ0n) is 16.5. The first-order valence-electron chi connectivity index (χ1n) is 9.64. The number of nitrogens with two attached hydrogens (primary N) is 1. The summed E-state index contributed by atoms with van der Waals surface area (Å²) >= 11 is 6.10. The number of hydrogen-bond acceptors (Lipinski definition) is 4. The molecule has 3 aromatic carbocycles. The van der Waals surface area contributed by atoms with Crippen molar-refractivity contribution >= 4 is 39.9 Å². The van der Waals surface area contributed by atoms with Crippen molar-refractivity contribution in [1.29, 1.82) is 0 Å². The minimum absolute atomic E-state index is 0.0239. The zero-order valence-corrected chi connectivity index (χ0v) is 17.2. The van der Waals surface area contributed by atoms with Gasteiger partial charge in [0.25, 0.3) is 0 Å². The zero-order chi connectivity index (χ0) is 22.0. The fourth-order valence-corrected chi connectivity index (χ4v) is 3.62. The van der Waals surface area contributed by atoms with Crippen molar-refractivity contribution in [1.82, 2.24) is 4.98 Å². The van der Waals surface area contributed by atoms with Crippen molar-refractivity contribution < 1.29 is 15.0 Å². The van der Waals surface area contributed by atoms with Crippen molar-refractivity contribution in [3.8, 4) is 5.88 Å². The smallest absolute Gasteiger partial charge is 0.307 e. The van der Waals surface area contributed by atoms with Crippen molar-refractivity contribution in [2.24, 2.45) is 10.7 Å². The Bertz CT molecular complexity index is 1280. The molecule has 4 aromatic rings. The number of benzene rings is 3. The average Bonchev–Trinajstić information content (AvgIpc) is 3.07. The number of fused-ring (bicyclic) bond motifs is 1. The second-order valence-corrected chi connectivity index (χ2v) is 7.57. The van der Waals surface area contributed by atoms with Crippen LogP contribution in [-0.4, -0.2) is 26.9 Å². The Morgan fingerprint density at radius 2 is 1.68 bits per heavy atom. The van der Waals surface area contributed by atoms with Gasteiger partial charge in [-0.3, -0.25) is 4.79 Å². The summed E-state index contributed by atoms with van der Waals surface area (Å²) in [5.41, 5.74) is 10.6. The molecule has 0 aliphatic heterocycles. The number of aromatic amines is 1. The summed E-state index contributed by atoms with van der Waals surface area (Å²) in [5, 5.41) is 21.1. The Labute approximate surface area is 183 Å². The van der Waals surface area contributed by atoms with Crippen LogP contribution in [0.3, 0.4) is 0 Å². The van der Waals surface area contributed by atoms with Crippen LogP contribution in [-0.2, 0) is 17.8 Å². The topological polar surface area (TPSA) is 112 Å². The van der Waals surface area contributed by atoms with Crippen molar-refractivity contribution in [3.63, 3.8) is 0 Å². The van der Waals surface area contributed by atoms with E-state index >= 15 is 0 Å². The van der Waals surface area contributed by atoms with Gasteiger partial charge in [-0.15, -0.1) is 0 Å². The summed E-state index contributed by atoms with van der Waals surface area (Å²) in [6.07, 6.45) is -0.0653. The second-order valence-electron chi connectivity index (χ2n) is 7.14. The molecule has 0 atom stereocenters. The third-order valence-corrected chi connectivity index (χ3v) is 5.21. The minimum Gasteiger partial charge on any atom is -0.494 e. The van der Waals surface area contributed by atoms with Crippen LogP contribution in [0.25, 0.3) is 10.9 Å². The Balaban J connectivity index is 1.88. The lowest BCUT2D eigenvalue weighted by molar-refractivity contribution is -0.136. The predicted molar refractivity (Wildman–Crippen MR) is 122 cm³/mol. The van der Waals surface area contributed by atoms with Gasteiger partial charge in [0, 0.05) is 22.5 Å². The van der Waals surface area contributed by atoms with Gasteiger partial charge in [0.05, 0.1) is 28.9 Å². The first-order valence-corrected chi connectivity index (χ1v) is 10.0. The maximum absolute atomic E-state index is 11.0. The molecule has 31 heavy (non-hydrogen) atoms. The van der Waals surface area contributed by atoms with Crippen LogP contribution in [0.5, 0.6) is 5.88 Å². The third-order valence-electron chi connectivity index (χ3n) is 4.97. The van der Waals surface area contributed by atoms with E-state index in [1.165, 1.54) is 0 Å². The number of nitrogens with one attached hydrogen (secondary N) is 1. The van der Waals surface area contributed by atoms with E-state index in [9.17, 15) is 9.90 Å². The maximum atomic E-state index is 11.0. The van der Waals surface area contributed by atoms with E-state index in [2.05, 4.69) is 4.98 Å². The van der Waals surface area contributed by atoms with Crippen molar-refractivity contribution in [2.75, 3.05) is 0 Å². The Kier molecular flexibility index (Phi) is 5.75. The second kappa shape index (κ2) is 8.63. The Morgan fingerprint density at radius 1 is 1.00 bits per heavy atom. The molecule has 4 rings (SSSR count). The van der Waals surface area contributed by atoms with Crippen molar-refractivity contribution in [2.45, 2.75) is 13.0 Å².